The van der Waals surface area contributed by atoms with E-state index in [2.05, 4.69) is 0 Å². The number of carboxylic acid groups (broad SMARTS) is 1. The molecule has 0 aliphatic rings. The maximum Gasteiger partial charge on any atom is 0.335 e. The summed E-state index contributed by atoms with van der Waals surface area (Å²) in [4.78, 5) is 10.9. The zero-order valence-electron chi connectivity index (χ0n) is 9.77. The maximum absolute atomic E-state index is 10.9. The van der Waals surface area contributed by atoms with Crippen LogP contribution in [-0.4, -0.2) is 11.1 Å². The summed E-state index contributed by atoms with van der Waals surface area (Å²) in [5.74, 6) is -0.930. The fourth-order valence-corrected chi connectivity index (χ4v) is 1.95. The Bertz CT molecular complexity index is 623. The lowest BCUT2D eigenvalue weighted by Gasteiger charge is -2.08. The minimum absolute atomic E-state index is 0.276. The number of rotatable bonds is 2. The van der Waals surface area contributed by atoms with E-state index in [0.717, 1.165) is 16.7 Å². The van der Waals surface area contributed by atoms with Crippen LogP contribution in [0.25, 0.3) is 11.1 Å². The van der Waals surface area contributed by atoms with Gasteiger partial charge in [0.15, 0.2) is 0 Å². The smallest absolute Gasteiger partial charge is 0.335 e. The van der Waals surface area contributed by atoms with Crippen molar-refractivity contribution in [1.29, 1.82) is 0 Å². The third-order valence-corrected chi connectivity index (χ3v) is 3.12. The highest BCUT2D eigenvalue weighted by Crippen LogP contribution is 2.29. The quantitative estimate of drug-likeness (QED) is 0.812. The highest BCUT2D eigenvalue weighted by Gasteiger charge is 2.08. The zero-order chi connectivity index (χ0) is 13.3. The fraction of sp³-hybridized carbons (Fsp3) is 0.0714. The second-order valence-electron chi connectivity index (χ2n) is 4.07. The first kappa shape index (κ1) is 12.5. The van der Waals surface area contributed by atoms with E-state index in [0.29, 0.717) is 10.7 Å². The molecular formula is C14H12ClNO2. The average molecular weight is 262 g/mol. The average Bonchev–Trinajstić information content (AvgIpc) is 2.32. The van der Waals surface area contributed by atoms with Gasteiger partial charge in [-0.1, -0.05) is 23.7 Å². The molecule has 0 aromatic heterocycles. The van der Waals surface area contributed by atoms with E-state index in [1.54, 1.807) is 30.3 Å². The van der Waals surface area contributed by atoms with Gasteiger partial charge >= 0.3 is 5.97 Å². The molecule has 0 unspecified atom stereocenters. The van der Waals surface area contributed by atoms with Gasteiger partial charge in [0.1, 0.15) is 0 Å². The van der Waals surface area contributed by atoms with E-state index in [1.807, 2.05) is 13.0 Å². The Morgan fingerprint density at radius 3 is 2.50 bits per heavy atom. The summed E-state index contributed by atoms with van der Waals surface area (Å²) in [7, 11) is 0. The molecule has 0 saturated heterocycles. The molecule has 0 aliphatic carbocycles. The molecule has 0 aliphatic heterocycles. The number of hydrogen-bond acceptors (Lipinski definition) is 2. The van der Waals surface area contributed by atoms with Crippen LogP contribution < -0.4 is 5.73 Å². The number of aryl methyl sites for hydroxylation is 1. The van der Waals surface area contributed by atoms with Gasteiger partial charge in [0.05, 0.1) is 16.3 Å². The van der Waals surface area contributed by atoms with Crippen LogP contribution in [0.2, 0.25) is 5.02 Å². The van der Waals surface area contributed by atoms with E-state index in [4.69, 9.17) is 22.4 Å². The lowest BCUT2D eigenvalue weighted by Crippen LogP contribution is -1.97. The number of nitrogens with two attached hydrogens (primary N) is 1. The van der Waals surface area contributed by atoms with Gasteiger partial charge in [0.2, 0.25) is 0 Å². The minimum atomic E-state index is -0.930. The minimum Gasteiger partial charge on any atom is -0.478 e. The van der Waals surface area contributed by atoms with E-state index >= 15 is 0 Å². The van der Waals surface area contributed by atoms with Gasteiger partial charge in [-0.2, -0.15) is 0 Å². The second kappa shape index (κ2) is 4.70. The summed E-state index contributed by atoms with van der Waals surface area (Å²) in [5, 5.41) is 9.43. The molecule has 2 aromatic rings. The van der Waals surface area contributed by atoms with Crippen LogP contribution in [0.1, 0.15) is 15.9 Å². The van der Waals surface area contributed by atoms with Gasteiger partial charge in [-0.25, -0.2) is 4.79 Å². The molecule has 0 bridgehead atoms. The van der Waals surface area contributed by atoms with Crippen molar-refractivity contribution < 1.29 is 9.90 Å². The monoisotopic (exact) mass is 261 g/mol. The molecule has 3 nitrogen and oxygen atoms in total. The Balaban J connectivity index is 2.51. The number of halogens is 1. The molecule has 0 amide bonds. The number of carboxylic acids is 1. The molecule has 0 saturated carbocycles. The molecule has 18 heavy (non-hydrogen) atoms. The molecule has 0 fully saturated rings. The van der Waals surface area contributed by atoms with E-state index < -0.39 is 5.97 Å². The Hall–Kier alpha value is -2.00. The first-order valence-electron chi connectivity index (χ1n) is 5.38. The third-order valence-electron chi connectivity index (χ3n) is 2.78. The van der Waals surface area contributed by atoms with E-state index in [9.17, 15) is 4.79 Å². The van der Waals surface area contributed by atoms with Gasteiger partial charge in [-0.05, 0) is 47.9 Å². The van der Waals surface area contributed by atoms with Crippen molar-refractivity contribution in [1.82, 2.24) is 0 Å². The molecule has 92 valence electrons. The van der Waals surface area contributed by atoms with Crippen LogP contribution in [0.5, 0.6) is 0 Å². The van der Waals surface area contributed by atoms with E-state index in [1.165, 1.54) is 0 Å². The number of carbonyl (C=O) groups is 1. The number of benzene rings is 2. The van der Waals surface area contributed by atoms with Gasteiger partial charge in [0, 0.05) is 0 Å². The summed E-state index contributed by atoms with van der Waals surface area (Å²) in [6.07, 6.45) is 0. The molecule has 4 heteroatoms. The topological polar surface area (TPSA) is 63.3 Å². The van der Waals surface area contributed by atoms with Crippen LogP contribution in [0.15, 0.2) is 36.4 Å². The number of aromatic carboxylic acids is 1. The number of anilines is 1. The lowest BCUT2D eigenvalue weighted by atomic mass is 9.98. The van der Waals surface area contributed by atoms with Crippen LogP contribution in [0.4, 0.5) is 5.69 Å². The van der Waals surface area contributed by atoms with E-state index in [-0.39, 0.29) is 5.56 Å². The number of hydrogen-bond donors (Lipinski definition) is 2. The Morgan fingerprint density at radius 2 is 1.94 bits per heavy atom. The van der Waals surface area contributed by atoms with Crippen molar-refractivity contribution in [3.8, 4) is 11.1 Å². The van der Waals surface area contributed by atoms with Crippen molar-refractivity contribution >= 4 is 23.3 Å². The number of nitrogen functional groups attached to an aromatic ring is 1. The zero-order valence-corrected chi connectivity index (χ0v) is 10.5. The first-order chi connectivity index (χ1) is 8.49. The third kappa shape index (κ3) is 2.31. The summed E-state index contributed by atoms with van der Waals surface area (Å²) in [5.41, 5.74) is 9.30. The Kier molecular flexibility index (Phi) is 3.26. The van der Waals surface area contributed by atoms with Crippen LogP contribution in [-0.2, 0) is 0 Å². The molecule has 2 rings (SSSR count). The lowest BCUT2D eigenvalue weighted by molar-refractivity contribution is 0.0697. The Morgan fingerprint density at radius 1 is 1.22 bits per heavy atom. The molecule has 0 atom stereocenters. The second-order valence-corrected chi connectivity index (χ2v) is 4.48. The van der Waals surface area contributed by atoms with Crippen LogP contribution in [0, 0.1) is 6.92 Å². The van der Waals surface area contributed by atoms with Crippen LogP contribution in [0.3, 0.4) is 0 Å². The molecule has 0 heterocycles. The highest BCUT2D eigenvalue weighted by atomic mass is 35.5. The summed E-state index contributed by atoms with van der Waals surface area (Å²) < 4.78 is 0. The summed E-state index contributed by atoms with van der Waals surface area (Å²) >= 11 is 5.87. The summed E-state index contributed by atoms with van der Waals surface area (Å²) in [6.45, 7) is 1.87. The summed E-state index contributed by atoms with van der Waals surface area (Å²) in [6, 6.07) is 10.4. The predicted octanol–water partition coefficient (Wildman–Crippen LogP) is 3.60. The Labute approximate surface area is 110 Å². The predicted molar refractivity (Wildman–Crippen MR) is 73.0 cm³/mol. The fourth-order valence-electron chi connectivity index (χ4n) is 1.83. The van der Waals surface area contributed by atoms with Crippen LogP contribution >= 0.6 is 11.6 Å². The normalized spacial score (nSPS) is 10.3. The van der Waals surface area contributed by atoms with Crippen molar-refractivity contribution in [2.24, 2.45) is 0 Å². The molecule has 2 aromatic carbocycles. The standard InChI is InChI=1S/C14H12ClNO2/c1-8-6-10(14(17)18)2-4-11(8)9-3-5-12(15)13(16)7-9/h2-7H,16H2,1H3,(H,17,18). The first-order valence-corrected chi connectivity index (χ1v) is 5.76. The van der Waals surface area contributed by atoms with Gasteiger partial charge < -0.3 is 10.8 Å². The van der Waals surface area contributed by atoms with Crippen molar-refractivity contribution in [3.05, 3.63) is 52.5 Å². The van der Waals surface area contributed by atoms with Crippen molar-refractivity contribution in [2.75, 3.05) is 5.73 Å². The SMILES string of the molecule is Cc1cc(C(=O)O)ccc1-c1ccc(Cl)c(N)c1. The highest BCUT2D eigenvalue weighted by molar-refractivity contribution is 6.33. The molecule has 3 N–H and O–H groups in total. The molecule has 0 spiro atoms. The maximum atomic E-state index is 10.9. The molecular weight excluding hydrogens is 250 g/mol. The van der Waals surface area contributed by atoms with Gasteiger partial charge in [-0.3, -0.25) is 0 Å². The largest absolute Gasteiger partial charge is 0.478 e. The van der Waals surface area contributed by atoms with Gasteiger partial charge in [-0.15, -0.1) is 0 Å². The van der Waals surface area contributed by atoms with Gasteiger partial charge in [0.25, 0.3) is 0 Å². The molecule has 0 radical (unpaired) electrons. The van der Waals surface area contributed by atoms with Crippen molar-refractivity contribution in [2.45, 2.75) is 6.92 Å². The van der Waals surface area contributed by atoms with Crippen molar-refractivity contribution in [3.63, 3.8) is 0 Å².